The number of aromatic nitrogens is 1. The fourth-order valence-corrected chi connectivity index (χ4v) is 4.22. The van der Waals surface area contributed by atoms with Crippen molar-refractivity contribution < 1.29 is 8.42 Å². The molecular formula is C15H18N4O2S4. The lowest BCUT2D eigenvalue weighted by atomic mass is 10.2. The zero-order valence-electron chi connectivity index (χ0n) is 14.2. The molecule has 0 saturated carbocycles. The summed E-state index contributed by atoms with van der Waals surface area (Å²) in [4.78, 5) is 5.28. The van der Waals surface area contributed by atoms with E-state index < -0.39 is 10.0 Å². The molecule has 1 heterocycles. The number of thioether (sulfide) groups is 1. The first kappa shape index (κ1) is 19.8. The molecule has 0 aliphatic carbocycles. The number of aryl methyl sites for hydroxylation is 2. The smallest absolute Gasteiger partial charge is 0.262 e. The summed E-state index contributed by atoms with van der Waals surface area (Å²) >= 11 is 7.65. The molecule has 1 aromatic carbocycles. The van der Waals surface area contributed by atoms with Gasteiger partial charge in [-0.3, -0.25) is 10.1 Å². The lowest BCUT2D eigenvalue weighted by molar-refractivity contribution is 0.601. The predicted octanol–water partition coefficient (Wildman–Crippen LogP) is 3.52. The van der Waals surface area contributed by atoms with Crippen LogP contribution in [0.4, 0.5) is 5.13 Å². The highest BCUT2D eigenvalue weighted by atomic mass is 32.2. The van der Waals surface area contributed by atoms with E-state index >= 15 is 0 Å². The number of nitrogens with zero attached hydrogens (tertiary/aromatic N) is 2. The summed E-state index contributed by atoms with van der Waals surface area (Å²) in [6.07, 6.45) is 1.86. The highest BCUT2D eigenvalue weighted by Crippen LogP contribution is 2.25. The van der Waals surface area contributed by atoms with Crippen molar-refractivity contribution in [3.63, 3.8) is 0 Å². The van der Waals surface area contributed by atoms with Crippen LogP contribution in [0.3, 0.4) is 0 Å². The number of rotatable bonds is 5. The van der Waals surface area contributed by atoms with Gasteiger partial charge in [-0.05, 0) is 39.2 Å². The summed E-state index contributed by atoms with van der Waals surface area (Å²) in [6, 6.07) is 6.65. The minimum atomic E-state index is -3.67. The van der Waals surface area contributed by atoms with Crippen molar-refractivity contribution in [1.29, 1.82) is 0 Å². The first-order valence-corrected chi connectivity index (χ1v) is 11.1. The van der Waals surface area contributed by atoms with Gasteiger partial charge >= 0.3 is 0 Å². The molecule has 0 atom stereocenters. The molecule has 0 bridgehead atoms. The third-order valence-corrected chi connectivity index (χ3v) is 6.90. The summed E-state index contributed by atoms with van der Waals surface area (Å²) in [7, 11) is -3.67. The van der Waals surface area contributed by atoms with Gasteiger partial charge in [-0.25, -0.2) is 13.4 Å². The van der Waals surface area contributed by atoms with Gasteiger partial charge in [0.1, 0.15) is 0 Å². The third-order valence-electron chi connectivity index (χ3n) is 3.18. The third kappa shape index (κ3) is 5.24. The van der Waals surface area contributed by atoms with Crippen LogP contribution in [0.25, 0.3) is 0 Å². The van der Waals surface area contributed by atoms with Gasteiger partial charge in [-0.1, -0.05) is 53.0 Å². The maximum atomic E-state index is 12.5. The number of hydrazone groups is 1. The lowest BCUT2D eigenvalue weighted by Gasteiger charge is -2.05. The Bertz CT molecular complexity index is 902. The van der Waals surface area contributed by atoms with Crippen LogP contribution in [0.5, 0.6) is 0 Å². The summed E-state index contributed by atoms with van der Waals surface area (Å²) < 4.78 is 28.0. The van der Waals surface area contributed by atoms with Crippen molar-refractivity contribution in [2.24, 2.45) is 5.10 Å². The van der Waals surface area contributed by atoms with Gasteiger partial charge in [-0.2, -0.15) is 5.10 Å². The van der Waals surface area contributed by atoms with Crippen LogP contribution >= 0.6 is 35.3 Å². The molecule has 25 heavy (non-hydrogen) atoms. The fraction of sp³-hybridized carbons (Fsp3) is 0.267. The standard InChI is InChI=1S/C15H18N4O2S4/c1-9-5-7-12(8-6-9)25(20,21)19-14-16-10(2)13(24-14)11(3)17-18-15(22)23-4/h5-8H,1-4H3,(H,16,19)(H,18,22)/b17-11+. The molecule has 0 amide bonds. The SMILES string of the molecule is CSC(=S)N/N=C(\C)c1sc(NS(=O)(=O)c2ccc(C)cc2)nc1C. The summed E-state index contributed by atoms with van der Waals surface area (Å²) in [6.45, 7) is 5.52. The second-order valence-corrected chi connectivity index (χ2v) is 9.32. The number of nitrogens with one attached hydrogen (secondary N) is 2. The maximum Gasteiger partial charge on any atom is 0.263 e. The van der Waals surface area contributed by atoms with E-state index in [4.69, 9.17) is 12.2 Å². The molecule has 2 aromatic rings. The van der Waals surface area contributed by atoms with Gasteiger partial charge in [0.2, 0.25) is 0 Å². The number of hydrogen-bond acceptors (Lipinski definition) is 7. The number of anilines is 1. The number of thiocarbonyl (C=S) groups is 1. The highest BCUT2D eigenvalue weighted by molar-refractivity contribution is 8.22. The largest absolute Gasteiger partial charge is 0.263 e. The van der Waals surface area contributed by atoms with Crippen LogP contribution in [0, 0.1) is 13.8 Å². The molecule has 2 rings (SSSR count). The first-order valence-electron chi connectivity index (χ1n) is 7.18. The molecule has 0 saturated heterocycles. The first-order chi connectivity index (χ1) is 11.7. The average molecular weight is 415 g/mol. The Labute approximate surface area is 161 Å². The molecular weight excluding hydrogens is 396 g/mol. The molecule has 0 aliphatic rings. The molecule has 2 N–H and O–H groups in total. The van der Waals surface area contributed by atoms with E-state index in [0.717, 1.165) is 10.4 Å². The zero-order chi connectivity index (χ0) is 18.6. The second-order valence-electron chi connectivity index (χ2n) is 5.15. The van der Waals surface area contributed by atoms with E-state index in [1.807, 2.05) is 20.1 Å². The van der Waals surface area contributed by atoms with Crippen LogP contribution < -0.4 is 10.1 Å². The maximum absolute atomic E-state index is 12.5. The Hall–Kier alpha value is -1.49. The van der Waals surface area contributed by atoms with Crippen LogP contribution in [0.2, 0.25) is 0 Å². The molecule has 0 spiro atoms. The average Bonchev–Trinajstić information content (AvgIpc) is 2.92. The number of thiazole rings is 1. The van der Waals surface area contributed by atoms with Gasteiger partial charge in [0, 0.05) is 0 Å². The Morgan fingerprint density at radius 3 is 2.52 bits per heavy atom. The van der Waals surface area contributed by atoms with Crippen molar-refractivity contribution in [1.82, 2.24) is 10.4 Å². The van der Waals surface area contributed by atoms with E-state index in [2.05, 4.69) is 20.2 Å². The van der Waals surface area contributed by atoms with Crippen molar-refractivity contribution in [2.75, 3.05) is 11.0 Å². The molecule has 10 heteroatoms. The summed E-state index contributed by atoms with van der Waals surface area (Å²) in [5, 5.41) is 4.50. The molecule has 0 unspecified atom stereocenters. The predicted molar refractivity (Wildman–Crippen MR) is 110 cm³/mol. The monoisotopic (exact) mass is 414 g/mol. The molecule has 0 aliphatic heterocycles. The highest BCUT2D eigenvalue weighted by Gasteiger charge is 2.18. The number of hydrogen-bond donors (Lipinski definition) is 2. The van der Waals surface area contributed by atoms with Crippen LogP contribution in [0.15, 0.2) is 34.3 Å². The molecule has 0 fully saturated rings. The second kappa shape index (κ2) is 8.26. The summed E-state index contributed by atoms with van der Waals surface area (Å²) in [5.41, 5.74) is 5.15. The minimum Gasteiger partial charge on any atom is -0.262 e. The molecule has 6 nitrogen and oxygen atoms in total. The Balaban J connectivity index is 2.22. The van der Waals surface area contributed by atoms with Gasteiger partial charge in [-0.15, -0.1) is 0 Å². The number of benzene rings is 1. The van der Waals surface area contributed by atoms with Crippen LogP contribution in [-0.4, -0.2) is 29.7 Å². The number of sulfonamides is 1. The zero-order valence-corrected chi connectivity index (χ0v) is 17.4. The van der Waals surface area contributed by atoms with Crippen molar-refractivity contribution in [3.05, 3.63) is 40.4 Å². The van der Waals surface area contributed by atoms with Crippen LogP contribution in [0.1, 0.15) is 23.1 Å². The van der Waals surface area contributed by atoms with Crippen LogP contribution in [-0.2, 0) is 10.0 Å². The van der Waals surface area contributed by atoms with Crippen molar-refractivity contribution in [2.45, 2.75) is 25.7 Å². The minimum absolute atomic E-state index is 0.199. The van der Waals surface area contributed by atoms with E-state index in [0.29, 0.717) is 20.9 Å². The van der Waals surface area contributed by atoms with E-state index in [9.17, 15) is 8.42 Å². The van der Waals surface area contributed by atoms with E-state index in [1.54, 1.807) is 31.2 Å². The quantitative estimate of drug-likeness (QED) is 0.442. The van der Waals surface area contributed by atoms with Gasteiger partial charge < -0.3 is 0 Å². The molecule has 1 aromatic heterocycles. The Morgan fingerprint density at radius 2 is 1.92 bits per heavy atom. The van der Waals surface area contributed by atoms with Crippen molar-refractivity contribution >= 4 is 60.5 Å². The fourth-order valence-electron chi connectivity index (χ4n) is 1.89. The van der Waals surface area contributed by atoms with Gasteiger partial charge in [0.25, 0.3) is 10.0 Å². The van der Waals surface area contributed by atoms with Gasteiger partial charge in [0.15, 0.2) is 9.45 Å². The normalized spacial score (nSPS) is 12.1. The molecule has 134 valence electrons. The lowest BCUT2D eigenvalue weighted by Crippen LogP contribution is -2.13. The van der Waals surface area contributed by atoms with Gasteiger partial charge in [0.05, 0.1) is 21.2 Å². The van der Waals surface area contributed by atoms with E-state index in [-0.39, 0.29) is 4.90 Å². The van der Waals surface area contributed by atoms with E-state index in [1.165, 1.54) is 23.1 Å². The van der Waals surface area contributed by atoms with Crippen molar-refractivity contribution in [3.8, 4) is 0 Å². The Kier molecular flexibility index (Phi) is 6.55. The molecule has 0 radical (unpaired) electrons. The topological polar surface area (TPSA) is 83.5 Å². The summed E-state index contributed by atoms with van der Waals surface area (Å²) in [5.74, 6) is 0. The Morgan fingerprint density at radius 1 is 1.28 bits per heavy atom.